The molecule has 0 atom stereocenters. The summed E-state index contributed by atoms with van der Waals surface area (Å²) in [5.74, 6) is 0.571. The van der Waals surface area contributed by atoms with Crippen molar-refractivity contribution >= 4 is 29.4 Å². The summed E-state index contributed by atoms with van der Waals surface area (Å²) in [4.78, 5) is 16.4. The van der Waals surface area contributed by atoms with Gasteiger partial charge in [-0.15, -0.1) is 0 Å². The number of aromatic nitrogens is 1. The average Bonchev–Trinajstić information content (AvgIpc) is 2.67. The highest BCUT2D eigenvalue weighted by Crippen LogP contribution is 2.22. The summed E-state index contributed by atoms with van der Waals surface area (Å²) in [7, 11) is 0. The molecular formula is C21H17ClN2O2. The second-order valence-electron chi connectivity index (χ2n) is 5.47. The largest absolute Gasteiger partial charge is 0.485 e. The van der Waals surface area contributed by atoms with Crippen molar-refractivity contribution in [2.24, 2.45) is 0 Å². The minimum absolute atomic E-state index is 0.312. The van der Waals surface area contributed by atoms with Crippen molar-refractivity contribution in [3.05, 3.63) is 95.2 Å². The van der Waals surface area contributed by atoms with Crippen LogP contribution in [-0.2, 0) is 11.4 Å². The first-order valence-corrected chi connectivity index (χ1v) is 8.45. The first-order valence-electron chi connectivity index (χ1n) is 8.08. The number of anilines is 1. The standard InChI is InChI=1S/C21H17ClN2O2/c22-18-10-5-4-9-17(18)12-13-20(25)24-21-19(11-6-14-23-21)26-15-16-7-2-1-3-8-16/h1-14H,15H2,(H,23,24,25)/b13-12+. The van der Waals surface area contributed by atoms with Crippen LogP contribution >= 0.6 is 11.6 Å². The first kappa shape index (κ1) is 17.7. The van der Waals surface area contributed by atoms with Gasteiger partial charge in [0.25, 0.3) is 0 Å². The molecule has 3 rings (SSSR count). The number of halogens is 1. The Labute approximate surface area is 157 Å². The van der Waals surface area contributed by atoms with Gasteiger partial charge in [-0.25, -0.2) is 4.98 Å². The van der Waals surface area contributed by atoms with E-state index in [0.717, 1.165) is 11.1 Å². The van der Waals surface area contributed by atoms with Crippen molar-refractivity contribution in [3.8, 4) is 5.75 Å². The zero-order chi connectivity index (χ0) is 18.2. The van der Waals surface area contributed by atoms with Crippen LogP contribution < -0.4 is 10.1 Å². The summed E-state index contributed by atoms with van der Waals surface area (Å²) < 4.78 is 5.78. The molecule has 0 bridgehead atoms. The molecule has 0 aliphatic heterocycles. The highest BCUT2D eigenvalue weighted by molar-refractivity contribution is 6.32. The second-order valence-corrected chi connectivity index (χ2v) is 5.88. The smallest absolute Gasteiger partial charge is 0.249 e. The Bertz CT molecular complexity index is 911. The maximum Gasteiger partial charge on any atom is 0.249 e. The predicted molar refractivity (Wildman–Crippen MR) is 104 cm³/mol. The third-order valence-electron chi connectivity index (χ3n) is 3.57. The van der Waals surface area contributed by atoms with Crippen LogP contribution in [0.3, 0.4) is 0 Å². The van der Waals surface area contributed by atoms with E-state index in [1.54, 1.807) is 30.5 Å². The van der Waals surface area contributed by atoms with Crippen LogP contribution in [0.15, 0.2) is 79.0 Å². The van der Waals surface area contributed by atoms with Gasteiger partial charge in [-0.2, -0.15) is 0 Å². The van der Waals surface area contributed by atoms with E-state index < -0.39 is 0 Å². The zero-order valence-electron chi connectivity index (χ0n) is 13.9. The lowest BCUT2D eigenvalue weighted by Gasteiger charge is -2.10. The van der Waals surface area contributed by atoms with E-state index in [0.29, 0.717) is 23.2 Å². The van der Waals surface area contributed by atoms with Gasteiger partial charge in [0.2, 0.25) is 5.91 Å². The van der Waals surface area contributed by atoms with Crippen LogP contribution in [0.5, 0.6) is 5.75 Å². The van der Waals surface area contributed by atoms with E-state index in [1.807, 2.05) is 48.5 Å². The van der Waals surface area contributed by atoms with E-state index in [4.69, 9.17) is 16.3 Å². The van der Waals surface area contributed by atoms with Gasteiger partial charge >= 0.3 is 0 Å². The molecule has 0 aliphatic carbocycles. The van der Waals surface area contributed by atoms with Crippen LogP contribution in [0.25, 0.3) is 6.08 Å². The van der Waals surface area contributed by atoms with Crippen molar-refractivity contribution in [2.45, 2.75) is 6.61 Å². The molecular weight excluding hydrogens is 348 g/mol. The minimum atomic E-state index is -0.312. The fraction of sp³-hybridized carbons (Fsp3) is 0.0476. The fourth-order valence-electron chi connectivity index (χ4n) is 2.27. The van der Waals surface area contributed by atoms with E-state index >= 15 is 0 Å². The van der Waals surface area contributed by atoms with Gasteiger partial charge in [0.05, 0.1) is 0 Å². The summed E-state index contributed by atoms with van der Waals surface area (Å²) in [5, 5.41) is 3.32. The van der Waals surface area contributed by atoms with Gasteiger partial charge in [-0.3, -0.25) is 4.79 Å². The Balaban J connectivity index is 1.66. The van der Waals surface area contributed by atoms with Crippen LogP contribution in [0.1, 0.15) is 11.1 Å². The molecule has 26 heavy (non-hydrogen) atoms. The van der Waals surface area contributed by atoms with Gasteiger partial charge in [-0.1, -0.05) is 60.1 Å². The number of rotatable bonds is 6. The molecule has 0 fully saturated rings. The number of pyridine rings is 1. The Morgan fingerprint density at radius 3 is 2.62 bits per heavy atom. The Morgan fingerprint density at radius 1 is 1.04 bits per heavy atom. The van der Waals surface area contributed by atoms with Crippen molar-refractivity contribution in [1.29, 1.82) is 0 Å². The number of nitrogens with one attached hydrogen (secondary N) is 1. The molecule has 0 radical (unpaired) electrons. The zero-order valence-corrected chi connectivity index (χ0v) is 14.7. The highest BCUT2D eigenvalue weighted by Gasteiger charge is 2.07. The van der Waals surface area contributed by atoms with Crippen LogP contribution in [0.2, 0.25) is 5.02 Å². The van der Waals surface area contributed by atoms with E-state index in [2.05, 4.69) is 10.3 Å². The Morgan fingerprint density at radius 2 is 1.81 bits per heavy atom. The topological polar surface area (TPSA) is 51.2 Å². The lowest BCUT2D eigenvalue weighted by atomic mass is 10.2. The molecule has 130 valence electrons. The molecule has 3 aromatic rings. The van der Waals surface area contributed by atoms with Crippen LogP contribution in [-0.4, -0.2) is 10.9 Å². The highest BCUT2D eigenvalue weighted by atomic mass is 35.5. The number of hydrogen-bond acceptors (Lipinski definition) is 3. The molecule has 0 saturated heterocycles. The molecule has 0 aliphatic rings. The van der Waals surface area contributed by atoms with E-state index in [9.17, 15) is 4.79 Å². The molecule has 1 aromatic heterocycles. The number of benzene rings is 2. The van der Waals surface area contributed by atoms with Gasteiger partial charge in [0, 0.05) is 17.3 Å². The number of amides is 1. The van der Waals surface area contributed by atoms with E-state index in [-0.39, 0.29) is 5.91 Å². The third-order valence-corrected chi connectivity index (χ3v) is 3.91. The molecule has 0 spiro atoms. The van der Waals surface area contributed by atoms with Crippen molar-refractivity contribution in [1.82, 2.24) is 4.98 Å². The van der Waals surface area contributed by atoms with Gasteiger partial charge < -0.3 is 10.1 Å². The number of carbonyl (C=O) groups is 1. The summed E-state index contributed by atoms with van der Waals surface area (Å²) in [6.07, 6.45) is 4.67. The van der Waals surface area contributed by atoms with Crippen molar-refractivity contribution in [2.75, 3.05) is 5.32 Å². The number of nitrogens with zero attached hydrogens (tertiary/aromatic N) is 1. The Kier molecular flexibility index (Phi) is 6.01. The molecule has 1 amide bonds. The molecule has 5 heteroatoms. The molecule has 0 saturated carbocycles. The van der Waals surface area contributed by atoms with Crippen molar-refractivity contribution < 1.29 is 9.53 Å². The third kappa shape index (κ3) is 4.94. The summed E-state index contributed by atoms with van der Waals surface area (Å²) in [6, 6.07) is 20.6. The SMILES string of the molecule is O=C(/C=C/c1ccccc1Cl)Nc1ncccc1OCc1ccccc1. The maximum absolute atomic E-state index is 12.2. The normalized spacial score (nSPS) is 10.7. The summed E-state index contributed by atoms with van der Waals surface area (Å²) in [5.41, 5.74) is 1.80. The first-order chi connectivity index (χ1) is 12.7. The van der Waals surface area contributed by atoms with Crippen LogP contribution in [0.4, 0.5) is 5.82 Å². The number of ether oxygens (including phenoxy) is 1. The molecule has 4 nitrogen and oxygen atoms in total. The Hall–Kier alpha value is -3.11. The predicted octanol–water partition coefficient (Wildman–Crippen LogP) is 4.97. The molecule has 2 aromatic carbocycles. The van der Waals surface area contributed by atoms with E-state index in [1.165, 1.54) is 6.08 Å². The molecule has 0 unspecified atom stereocenters. The minimum Gasteiger partial charge on any atom is -0.485 e. The fourth-order valence-corrected chi connectivity index (χ4v) is 2.47. The number of carbonyl (C=O) groups excluding carboxylic acids is 1. The lowest BCUT2D eigenvalue weighted by molar-refractivity contribution is -0.111. The van der Waals surface area contributed by atoms with Gasteiger partial charge in [0.1, 0.15) is 6.61 Å². The number of hydrogen-bond donors (Lipinski definition) is 1. The lowest BCUT2D eigenvalue weighted by Crippen LogP contribution is -2.11. The summed E-state index contributed by atoms with van der Waals surface area (Å²) in [6.45, 7) is 0.394. The second kappa shape index (κ2) is 8.83. The van der Waals surface area contributed by atoms with Crippen LogP contribution in [0, 0.1) is 0 Å². The average molecular weight is 365 g/mol. The summed E-state index contributed by atoms with van der Waals surface area (Å²) >= 11 is 6.08. The monoisotopic (exact) mass is 364 g/mol. The molecule has 1 N–H and O–H groups in total. The van der Waals surface area contributed by atoms with Gasteiger partial charge in [-0.05, 0) is 35.4 Å². The van der Waals surface area contributed by atoms with Crippen molar-refractivity contribution in [3.63, 3.8) is 0 Å². The van der Waals surface area contributed by atoms with Gasteiger partial charge in [0.15, 0.2) is 11.6 Å². The maximum atomic E-state index is 12.2. The quantitative estimate of drug-likeness (QED) is 0.628. The molecule has 1 heterocycles.